The van der Waals surface area contributed by atoms with Gasteiger partial charge in [0, 0.05) is 33.7 Å². The van der Waals surface area contributed by atoms with Crippen LogP contribution in [0.1, 0.15) is 49.8 Å². The molecule has 0 saturated heterocycles. The van der Waals surface area contributed by atoms with Gasteiger partial charge >= 0.3 is 0 Å². The number of carbonyl (C=O) groups is 2. The van der Waals surface area contributed by atoms with Gasteiger partial charge in [0.2, 0.25) is 11.8 Å². The van der Waals surface area contributed by atoms with Crippen LogP contribution < -0.4 is 9.62 Å². The van der Waals surface area contributed by atoms with E-state index in [1.54, 1.807) is 43.3 Å². The van der Waals surface area contributed by atoms with E-state index in [4.69, 9.17) is 34.8 Å². The molecule has 0 aromatic heterocycles. The molecule has 7 nitrogen and oxygen atoms in total. The van der Waals surface area contributed by atoms with Crippen molar-refractivity contribution in [3.8, 4) is 0 Å². The topological polar surface area (TPSA) is 86.8 Å². The first-order valence-electron chi connectivity index (χ1n) is 13.8. The Balaban J connectivity index is 2.10. The first-order valence-corrected chi connectivity index (χ1v) is 16.3. The van der Waals surface area contributed by atoms with Gasteiger partial charge in [-0.1, -0.05) is 67.2 Å². The molecule has 2 amide bonds. The molecule has 226 valence electrons. The predicted octanol–water partition coefficient (Wildman–Crippen LogP) is 7.18. The summed E-state index contributed by atoms with van der Waals surface area (Å²) >= 11 is 19.0. The van der Waals surface area contributed by atoms with Gasteiger partial charge in [-0.25, -0.2) is 8.42 Å². The van der Waals surface area contributed by atoms with Crippen LogP contribution in [0, 0.1) is 13.8 Å². The molecule has 1 atom stereocenters. The summed E-state index contributed by atoms with van der Waals surface area (Å²) in [6.45, 7) is 7.41. The lowest BCUT2D eigenvalue weighted by Crippen LogP contribution is -2.52. The van der Waals surface area contributed by atoms with Crippen LogP contribution in [0.3, 0.4) is 0 Å². The van der Waals surface area contributed by atoms with Gasteiger partial charge in [0.25, 0.3) is 10.0 Å². The van der Waals surface area contributed by atoms with E-state index in [0.29, 0.717) is 39.3 Å². The second kappa shape index (κ2) is 15.1. The van der Waals surface area contributed by atoms with E-state index in [1.807, 2.05) is 20.8 Å². The number of unbranched alkanes of at least 4 members (excludes halogenated alkanes) is 1. The summed E-state index contributed by atoms with van der Waals surface area (Å²) in [6, 6.07) is 15.0. The first-order chi connectivity index (χ1) is 19.9. The first kappa shape index (κ1) is 33.7. The molecule has 0 saturated carbocycles. The molecule has 11 heteroatoms. The Labute approximate surface area is 263 Å². The Hall–Kier alpha value is -2.78. The number of hydrogen-bond acceptors (Lipinski definition) is 4. The number of benzene rings is 3. The molecular weight excluding hydrogens is 617 g/mol. The van der Waals surface area contributed by atoms with Crippen molar-refractivity contribution in [3.05, 3.63) is 92.4 Å². The minimum absolute atomic E-state index is 0.0250. The number of aryl methyl sites for hydroxylation is 2. The summed E-state index contributed by atoms with van der Waals surface area (Å²) < 4.78 is 29.1. The van der Waals surface area contributed by atoms with E-state index < -0.39 is 28.5 Å². The van der Waals surface area contributed by atoms with Crippen LogP contribution >= 0.6 is 34.8 Å². The normalized spacial score (nSPS) is 12.1. The zero-order chi connectivity index (χ0) is 31.0. The van der Waals surface area contributed by atoms with Crippen molar-refractivity contribution in [2.75, 3.05) is 17.4 Å². The van der Waals surface area contributed by atoms with Gasteiger partial charge in [0.15, 0.2) is 0 Å². The van der Waals surface area contributed by atoms with E-state index in [0.717, 1.165) is 28.3 Å². The van der Waals surface area contributed by atoms with Crippen molar-refractivity contribution in [2.45, 2.75) is 64.4 Å². The van der Waals surface area contributed by atoms with E-state index in [2.05, 4.69) is 5.32 Å². The number of halogens is 3. The Morgan fingerprint density at radius 1 is 0.905 bits per heavy atom. The minimum Gasteiger partial charge on any atom is -0.354 e. The smallest absolute Gasteiger partial charge is 0.264 e. The Morgan fingerprint density at radius 3 is 2.12 bits per heavy atom. The fraction of sp³-hybridized carbons (Fsp3) is 0.355. The Kier molecular flexibility index (Phi) is 12.1. The van der Waals surface area contributed by atoms with Gasteiger partial charge in [-0.2, -0.15) is 0 Å². The quantitative estimate of drug-likeness (QED) is 0.198. The summed E-state index contributed by atoms with van der Waals surface area (Å²) in [5.74, 6) is -0.917. The highest BCUT2D eigenvalue weighted by atomic mass is 35.5. The summed E-state index contributed by atoms with van der Waals surface area (Å²) in [5, 5.41) is 3.95. The van der Waals surface area contributed by atoms with Gasteiger partial charge in [-0.05, 0) is 86.3 Å². The van der Waals surface area contributed by atoms with Gasteiger partial charge < -0.3 is 10.2 Å². The number of nitrogens with one attached hydrogen (secondary N) is 1. The summed E-state index contributed by atoms with van der Waals surface area (Å²) in [4.78, 5) is 28.9. The number of carbonyl (C=O) groups excluding carboxylic acids is 2. The van der Waals surface area contributed by atoms with Crippen molar-refractivity contribution in [1.29, 1.82) is 0 Å². The van der Waals surface area contributed by atoms with Gasteiger partial charge in [-0.3, -0.25) is 13.9 Å². The molecule has 0 aliphatic rings. The predicted molar refractivity (Wildman–Crippen MR) is 171 cm³/mol. The lowest BCUT2D eigenvalue weighted by molar-refractivity contribution is -0.140. The molecule has 0 spiro atoms. The largest absolute Gasteiger partial charge is 0.354 e. The van der Waals surface area contributed by atoms with E-state index >= 15 is 0 Å². The van der Waals surface area contributed by atoms with Crippen molar-refractivity contribution in [2.24, 2.45) is 0 Å². The van der Waals surface area contributed by atoms with Crippen molar-refractivity contribution < 1.29 is 18.0 Å². The van der Waals surface area contributed by atoms with Gasteiger partial charge in [0.1, 0.15) is 12.6 Å². The van der Waals surface area contributed by atoms with Crippen LogP contribution in [0.5, 0.6) is 0 Å². The molecule has 0 heterocycles. The molecule has 3 aromatic rings. The molecule has 0 aliphatic carbocycles. The average molecular weight is 653 g/mol. The molecule has 1 N–H and O–H groups in total. The SMILES string of the molecule is CCCCNC(=O)[C@@H](CC)N(Cc1c(Cl)cccc1Cl)C(=O)CN(c1ccc(C)c(C)c1)S(=O)(=O)c1ccc(Cl)cc1. The van der Waals surface area contributed by atoms with Gasteiger partial charge in [0.05, 0.1) is 10.6 Å². The van der Waals surface area contributed by atoms with Crippen LogP contribution in [-0.4, -0.2) is 44.3 Å². The van der Waals surface area contributed by atoms with Crippen molar-refractivity contribution in [3.63, 3.8) is 0 Å². The summed E-state index contributed by atoms with van der Waals surface area (Å²) in [5.41, 5.74) is 2.61. The monoisotopic (exact) mass is 651 g/mol. The van der Waals surface area contributed by atoms with Crippen LogP contribution in [0.2, 0.25) is 15.1 Å². The molecule has 0 fully saturated rings. The standard InChI is InChI=1S/C31H36Cl3N3O4S/c1-5-7-17-35-31(39)29(6-2)36(19-26-27(33)9-8-10-28(26)34)30(38)20-37(24-14-11-21(3)22(4)18-24)42(40,41)25-15-12-23(32)13-16-25/h8-16,18,29H,5-7,17,19-20H2,1-4H3,(H,35,39)/t29-/m1/s1. The summed E-state index contributed by atoms with van der Waals surface area (Å²) in [6.07, 6.45) is 1.97. The second-order valence-corrected chi connectivity index (χ2v) is 13.1. The van der Waals surface area contributed by atoms with E-state index in [1.165, 1.54) is 29.2 Å². The minimum atomic E-state index is -4.21. The third-order valence-electron chi connectivity index (χ3n) is 7.06. The third kappa shape index (κ3) is 8.19. The summed E-state index contributed by atoms with van der Waals surface area (Å²) in [7, 11) is -4.21. The number of nitrogens with zero attached hydrogens (tertiary/aromatic N) is 2. The van der Waals surface area contributed by atoms with Crippen LogP contribution in [0.25, 0.3) is 0 Å². The maximum absolute atomic E-state index is 14.2. The zero-order valence-corrected chi connectivity index (χ0v) is 27.2. The van der Waals surface area contributed by atoms with Crippen LogP contribution in [0.4, 0.5) is 5.69 Å². The number of amides is 2. The molecule has 3 rings (SSSR count). The lowest BCUT2D eigenvalue weighted by Gasteiger charge is -2.33. The van der Waals surface area contributed by atoms with Crippen LogP contribution in [-0.2, 0) is 26.2 Å². The zero-order valence-electron chi connectivity index (χ0n) is 24.2. The molecule has 0 aliphatic heterocycles. The third-order valence-corrected chi connectivity index (χ3v) is 9.81. The fourth-order valence-corrected chi connectivity index (χ4v) is 6.47. The highest BCUT2D eigenvalue weighted by Crippen LogP contribution is 2.30. The van der Waals surface area contributed by atoms with Crippen LogP contribution in [0.15, 0.2) is 65.6 Å². The van der Waals surface area contributed by atoms with E-state index in [9.17, 15) is 18.0 Å². The van der Waals surface area contributed by atoms with Crippen molar-refractivity contribution in [1.82, 2.24) is 10.2 Å². The molecule has 0 unspecified atom stereocenters. The Bertz CT molecular complexity index is 1490. The highest BCUT2D eigenvalue weighted by molar-refractivity contribution is 7.92. The highest BCUT2D eigenvalue weighted by Gasteiger charge is 2.34. The van der Waals surface area contributed by atoms with Gasteiger partial charge in [-0.15, -0.1) is 0 Å². The maximum Gasteiger partial charge on any atom is 0.264 e. The number of rotatable bonds is 13. The Morgan fingerprint density at radius 2 is 1.55 bits per heavy atom. The molecular formula is C31H36Cl3N3O4S. The molecule has 42 heavy (non-hydrogen) atoms. The molecule has 3 aromatic carbocycles. The average Bonchev–Trinajstić information content (AvgIpc) is 2.95. The fourth-order valence-electron chi connectivity index (χ4n) is 4.42. The number of hydrogen-bond donors (Lipinski definition) is 1. The second-order valence-electron chi connectivity index (χ2n) is 10.0. The number of sulfonamides is 1. The molecule has 0 radical (unpaired) electrons. The van der Waals surface area contributed by atoms with Crippen molar-refractivity contribution >= 4 is 62.3 Å². The maximum atomic E-state index is 14.2. The lowest BCUT2D eigenvalue weighted by atomic mass is 10.1. The number of anilines is 1. The molecule has 0 bridgehead atoms. The van der Waals surface area contributed by atoms with E-state index in [-0.39, 0.29) is 17.3 Å².